The zero-order valence-electron chi connectivity index (χ0n) is 10.3. The highest BCUT2D eigenvalue weighted by Gasteiger charge is 2.24. The Balaban J connectivity index is 0.00000180. The number of hydrogen-bond donors (Lipinski definition) is 1. The number of carboxylic acids is 1. The monoisotopic (exact) mass is 291 g/mol. The van der Waals surface area contributed by atoms with Gasteiger partial charge in [0, 0.05) is 12.1 Å². The Kier molecular flexibility index (Phi) is 5.69. The molecule has 0 spiro atoms. The van der Waals surface area contributed by atoms with Crippen LogP contribution in [0.4, 0.5) is 8.78 Å². The van der Waals surface area contributed by atoms with E-state index in [2.05, 4.69) is 0 Å². The van der Waals surface area contributed by atoms with E-state index >= 15 is 0 Å². The molecular weight excluding hydrogens is 276 g/mol. The molecule has 1 N–H and O–H groups in total. The van der Waals surface area contributed by atoms with Crippen LogP contribution in [0.15, 0.2) is 18.2 Å². The minimum absolute atomic E-state index is 0. The number of aliphatic carboxylic acids is 1. The van der Waals surface area contributed by atoms with E-state index in [4.69, 9.17) is 5.11 Å². The molecule has 0 radical (unpaired) electrons. The third-order valence-electron chi connectivity index (χ3n) is 3.36. The fourth-order valence-electron chi connectivity index (χ4n) is 2.25. The van der Waals surface area contributed by atoms with Gasteiger partial charge in [0.1, 0.15) is 0 Å². The van der Waals surface area contributed by atoms with Crippen molar-refractivity contribution >= 4 is 18.4 Å². The van der Waals surface area contributed by atoms with Gasteiger partial charge in [-0.25, -0.2) is 8.78 Å². The minimum Gasteiger partial charge on any atom is -0.481 e. The van der Waals surface area contributed by atoms with Gasteiger partial charge in [-0.1, -0.05) is 12.1 Å². The Labute approximate surface area is 116 Å². The first-order valence-electron chi connectivity index (χ1n) is 5.96. The number of carboxylic acid groups (broad SMARTS) is 1. The maximum Gasteiger partial charge on any atom is 0.306 e. The van der Waals surface area contributed by atoms with Crippen LogP contribution in [0.25, 0.3) is 0 Å². The number of hydrogen-bond acceptors (Lipinski definition) is 2. The van der Waals surface area contributed by atoms with Crippen molar-refractivity contribution < 1.29 is 18.7 Å². The van der Waals surface area contributed by atoms with Gasteiger partial charge in [-0.2, -0.15) is 0 Å². The number of carbonyl (C=O) groups is 1. The Bertz CT molecular complexity index is 448. The first-order chi connectivity index (χ1) is 8.58. The van der Waals surface area contributed by atoms with Crippen molar-refractivity contribution in [1.29, 1.82) is 0 Å². The van der Waals surface area contributed by atoms with E-state index in [1.54, 1.807) is 6.07 Å². The van der Waals surface area contributed by atoms with E-state index in [9.17, 15) is 13.6 Å². The summed E-state index contributed by atoms with van der Waals surface area (Å²) in [6, 6.07) is 4.13. The Morgan fingerprint density at radius 2 is 1.95 bits per heavy atom. The standard InChI is InChI=1S/C13H15F2NO2.ClH/c14-11-3-1-2-10(12(11)15)8-16-6-4-9(5-7-16)13(17)18;/h1-3,9H,4-8H2,(H,17,18);1H. The molecule has 2 rings (SSSR count). The Hall–Kier alpha value is -1.20. The highest BCUT2D eigenvalue weighted by molar-refractivity contribution is 5.85. The van der Waals surface area contributed by atoms with Gasteiger partial charge >= 0.3 is 5.97 Å². The molecule has 19 heavy (non-hydrogen) atoms. The maximum absolute atomic E-state index is 13.5. The summed E-state index contributed by atoms with van der Waals surface area (Å²) in [6.45, 7) is 1.54. The summed E-state index contributed by atoms with van der Waals surface area (Å²) in [5.74, 6) is -2.73. The molecule has 0 bridgehead atoms. The Morgan fingerprint density at radius 1 is 1.32 bits per heavy atom. The number of likely N-dealkylation sites (tertiary alicyclic amines) is 1. The van der Waals surface area contributed by atoms with Gasteiger partial charge in [-0.15, -0.1) is 12.4 Å². The van der Waals surface area contributed by atoms with Crippen LogP contribution in [0.1, 0.15) is 18.4 Å². The zero-order chi connectivity index (χ0) is 13.1. The summed E-state index contributed by atoms with van der Waals surface area (Å²) >= 11 is 0. The van der Waals surface area contributed by atoms with Crippen LogP contribution in [0.2, 0.25) is 0 Å². The van der Waals surface area contributed by atoms with Gasteiger partial charge in [-0.3, -0.25) is 9.69 Å². The van der Waals surface area contributed by atoms with Crippen molar-refractivity contribution in [1.82, 2.24) is 4.90 Å². The van der Waals surface area contributed by atoms with Crippen LogP contribution < -0.4 is 0 Å². The lowest BCUT2D eigenvalue weighted by Gasteiger charge is -2.30. The molecule has 1 fully saturated rings. The summed E-state index contributed by atoms with van der Waals surface area (Å²) in [5.41, 5.74) is 0.323. The van der Waals surface area contributed by atoms with E-state index in [-0.39, 0.29) is 18.3 Å². The third kappa shape index (κ3) is 3.88. The van der Waals surface area contributed by atoms with E-state index < -0.39 is 17.6 Å². The summed E-state index contributed by atoms with van der Waals surface area (Å²) in [5, 5.41) is 8.87. The average Bonchev–Trinajstić information content (AvgIpc) is 2.36. The molecule has 1 saturated heterocycles. The van der Waals surface area contributed by atoms with Crippen LogP contribution in [0, 0.1) is 17.6 Å². The molecule has 1 heterocycles. The molecule has 0 unspecified atom stereocenters. The molecule has 1 aliphatic heterocycles. The van der Waals surface area contributed by atoms with Crippen molar-refractivity contribution in [2.24, 2.45) is 5.92 Å². The van der Waals surface area contributed by atoms with Crippen molar-refractivity contribution in [3.63, 3.8) is 0 Å². The molecule has 106 valence electrons. The number of piperidine rings is 1. The summed E-state index contributed by atoms with van der Waals surface area (Å²) in [4.78, 5) is 12.7. The molecule has 6 heteroatoms. The number of rotatable bonds is 3. The fourth-order valence-corrected chi connectivity index (χ4v) is 2.25. The number of halogens is 3. The minimum atomic E-state index is -0.840. The van der Waals surface area contributed by atoms with Gasteiger partial charge in [0.15, 0.2) is 11.6 Å². The van der Waals surface area contributed by atoms with Crippen molar-refractivity contribution in [2.75, 3.05) is 13.1 Å². The molecular formula is C13H16ClF2NO2. The first-order valence-corrected chi connectivity index (χ1v) is 5.96. The van der Waals surface area contributed by atoms with Gasteiger partial charge < -0.3 is 5.11 Å². The van der Waals surface area contributed by atoms with Gasteiger partial charge in [0.2, 0.25) is 0 Å². The maximum atomic E-state index is 13.5. The van der Waals surface area contributed by atoms with Crippen LogP contribution in [0.5, 0.6) is 0 Å². The highest BCUT2D eigenvalue weighted by atomic mass is 35.5. The molecule has 1 aliphatic rings. The van der Waals surface area contributed by atoms with E-state index in [1.807, 2.05) is 4.90 Å². The molecule has 3 nitrogen and oxygen atoms in total. The van der Waals surface area contributed by atoms with Gasteiger partial charge in [-0.05, 0) is 32.0 Å². The van der Waals surface area contributed by atoms with Gasteiger partial charge in [0.05, 0.1) is 5.92 Å². The average molecular weight is 292 g/mol. The fraction of sp³-hybridized carbons (Fsp3) is 0.462. The van der Waals surface area contributed by atoms with Crippen molar-refractivity contribution in [3.05, 3.63) is 35.4 Å². The topological polar surface area (TPSA) is 40.5 Å². The summed E-state index contributed by atoms with van der Waals surface area (Å²) in [7, 11) is 0. The van der Waals surface area contributed by atoms with Crippen LogP contribution >= 0.6 is 12.4 Å². The lowest BCUT2D eigenvalue weighted by Crippen LogP contribution is -2.36. The smallest absolute Gasteiger partial charge is 0.306 e. The number of benzene rings is 1. The van der Waals surface area contributed by atoms with Crippen molar-refractivity contribution in [3.8, 4) is 0 Å². The second-order valence-corrected chi connectivity index (χ2v) is 4.60. The molecule has 0 aliphatic carbocycles. The SMILES string of the molecule is Cl.O=C(O)C1CCN(Cc2cccc(F)c2F)CC1. The van der Waals surface area contributed by atoms with Gasteiger partial charge in [0.25, 0.3) is 0 Å². The predicted molar refractivity (Wildman–Crippen MR) is 69.2 cm³/mol. The molecule has 1 aromatic rings. The predicted octanol–water partition coefficient (Wildman–Crippen LogP) is 2.68. The Morgan fingerprint density at radius 3 is 2.53 bits per heavy atom. The first kappa shape index (κ1) is 15.9. The molecule has 0 aromatic heterocycles. The van der Waals surface area contributed by atoms with E-state index in [0.29, 0.717) is 38.0 Å². The quantitative estimate of drug-likeness (QED) is 0.931. The molecule has 0 atom stereocenters. The lowest BCUT2D eigenvalue weighted by molar-refractivity contribution is -0.143. The summed E-state index contributed by atoms with van der Waals surface area (Å²) < 4.78 is 26.5. The van der Waals surface area contributed by atoms with E-state index in [1.165, 1.54) is 6.07 Å². The highest BCUT2D eigenvalue weighted by Crippen LogP contribution is 2.20. The third-order valence-corrected chi connectivity index (χ3v) is 3.36. The molecule has 0 amide bonds. The molecule has 1 aromatic carbocycles. The van der Waals surface area contributed by atoms with Crippen LogP contribution in [0.3, 0.4) is 0 Å². The molecule has 0 saturated carbocycles. The summed E-state index contributed by atoms with van der Waals surface area (Å²) in [6.07, 6.45) is 1.12. The second-order valence-electron chi connectivity index (χ2n) is 4.60. The lowest BCUT2D eigenvalue weighted by atomic mass is 9.97. The van der Waals surface area contributed by atoms with Crippen LogP contribution in [-0.4, -0.2) is 29.1 Å². The van der Waals surface area contributed by atoms with Crippen molar-refractivity contribution in [2.45, 2.75) is 19.4 Å². The zero-order valence-corrected chi connectivity index (χ0v) is 11.1. The van der Waals surface area contributed by atoms with E-state index in [0.717, 1.165) is 6.07 Å². The number of nitrogens with zero attached hydrogens (tertiary/aromatic N) is 1. The van der Waals surface area contributed by atoms with Crippen LogP contribution in [-0.2, 0) is 11.3 Å². The largest absolute Gasteiger partial charge is 0.481 e. The normalized spacial score (nSPS) is 16.9. The second kappa shape index (κ2) is 6.82.